The maximum Gasteiger partial charge on any atom is 0.331 e. The Hall–Kier alpha value is -1.85. The van der Waals surface area contributed by atoms with Crippen molar-refractivity contribution in [1.82, 2.24) is 9.55 Å². The smallest absolute Gasteiger partial charge is 0.331 e. The van der Waals surface area contributed by atoms with Crippen LogP contribution in [0.3, 0.4) is 0 Å². The number of hydrogen-bond acceptors (Lipinski definition) is 3. The van der Waals surface area contributed by atoms with E-state index in [1.165, 1.54) is 6.26 Å². The van der Waals surface area contributed by atoms with E-state index in [1.54, 1.807) is 6.08 Å². The summed E-state index contributed by atoms with van der Waals surface area (Å²) in [6.45, 7) is 0. The van der Waals surface area contributed by atoms with Crippen LogP contribution in [0.15, 0.2) is 28.1 Å². The lowest BCUT2D eigenvalue weighted by molar-refractivity contribution is 0.0984. The molecular formula is C8H7FN2O3. The number of H-pyrrole nitrogens is 1. The van der Waals surface area contributed by atoms with Gasteiger partial charge >= 0.3 is 5.69 Å². The van der Waals surface area contributed by atoms with E-state index in [9.17, 15) is 14.0 Å². The monoisotopic (exact) mass is 198 g/mol. The van der Waals surface area contributed by atoms with E-state index in [2.05, 4.69) is 0 Å². The highest BCUT2D eigenvalue weighted by Crippen LogP contribution is 2.17. The second-order valence-electron chi connectivity index (χ2n) is 2.84. The maximum atomic E-state index is 12.8. The standard InChI is InChI=1S/C8H7FN2O3/c9-5-4-11(6-2-1-3-14-6)8(13)10-7(5)12/h1,3-4,6H,2H2,(H,10,12,13)/t6-/m0/s1. The highest BCUT2D eigenvalue weighted by molar-refractivity contribution is 4.92. The molecule has 1 aromatic rings. The van der Waals surface area contributed by atoms with Crippen molar-refractivity contribution in [2.75, 3.05) is 0 Å². The fraction of sp³-hybridized carbons (Fsp3) is 0.250. The molecule has 6 heteroatoms. The fourth-order valence-electron chi connectivity index (χ4n) is 1.23. The molecule has 0 aromatic carbocycles. The quantitative estimate of drug-likeness (QED) is 0.696. The predicted octanol–water partition coefficient (Wildman–Crippen LogP) is 0.108. The molecule has 5 nitrogen and oxygen atoms in total. The number of aromatic amines is 1. The normalized spacial score (nSPS) is 19.6. The van der Waals surface area contributed by atoms with E-state index in [0.29, 0.717) is 6.42 Å². The van der Waals surface area contributed by atoms with Gasteiger partial charge in [-0.1, -0.05) is 0 Å². The summed E-state index contributed by atoms with van der Waals surface area (Å²) in [5, 5.41) is 0. The Bertz CT molecular complexity index is 480. The summed E-state index contributed by atoms with van der Waals surface area (Å²) >= 11 is 0. The van der Waals surface area contributed by atoms with Gasteiger partial charge < -0.3 is 4.74 Å². The minimum Gasteiger partial charge on any atom is -0.478 e. The Labute approximate surface area is 77.4 Å². The summed E-state index contributed by atoms with van der Waals surface area (Å²) in [7, 11) is 0. The Balaban J connectivity index is 2.48. The molecule has 0 saturated heterocycles. The van der Waals surface area contributed by atoms with Crippen molar-refractivity contribution in [2.24, 2.45) is 0 Å². The Morgan fingerprint density at radius 2 is 2.36 bits per heavy atom. The van der Waals surface area contributed by atoms with Crippen LogP contribution in [0.25, 0.3) is 0 Å². The number of nitrogens with one attached hydrogen (secondary N) is 1. The summed E-state index contributed by atoms with van der Waals surface area (Å²) in [6.07, 6.45) is 3.90. The van der Waals surface area contributed by atoms with Crippen LogP contribution in [0, 0.1) is 5.82 Å². The highest BCUT2D eigenvalue weighted by Gasteiger charge is 2.16. The Kier molecular flexibility index (Phi) is 1.95. The molecule has 1 aliphatic heterocycles. The van der Waals surface area contributed by atoms with Crippen LogP contribution in [-0.4, -0.2) is 9.55 Å². The molecular weight excluding hydrogens is 191 g/mol. The van der Waals surface area contributed by atoms with E-state index in [4.69, 9.17) is 4.74 Å². The molecule has 1 aromatic heterocycles. The Morgan fingerprint density at radius 1 is 1.57 bits per heavy atom. The maximum absolute atomic E-state index is 12.8. The summed E-state index contributed by atoms with van der Waals surface area (Å²) in [5.74, 6) is -1.000. The van der Waals surface area contributed by atoms with Gasteiger partial charge in [0, 0.05) is 6.42 Å². The van der Waals surface area contributed by atoms with Crippen LogP contribution in [0.2, 0.25) is 0 Å². The van der Waals surface area contributed by atoms with E-state index < -0.39 is 23.3 Å². The first-order valence-electron chi connectivity index (χ1n) is 4.00. The third-order valence-electron chi connectivity index (χ3n) is 1.90. The lowest BCUT2D eigenvalue weighted by Crippen LogP contribution is -2.33. The summed E-state index contributed by atoms with van der Waals surface area (Å²) in [6, 6.07) is 0. The lowest BCUT2D eigenvalue weighted by atomic mass is 10.4. The second kappa shape index (κ2) is 3.13. The van der Waals surface area contributed by atoms with Gasteiger partial charge in [0.25, 0.3) is 5.56 Å². The first-order chi connectivity index (χ1) is 6.68. The zero-order valence-corrected chi connectivity index (χ0v) is 7.07. The minimum absolute atomic E-state index is 0.478. The summed E-state index contributed by atoms with van der Waals surface area (Å²) in [5.41, 5.74) is -1.69. The van der Waals surface area contributed by atoms with Gasteiger partial charge in [-0.15, -0.1) is 0 Å². The number of aromatic nitrogens is 2. The molecule has 74 valence electrons. The minimum atomic E-state index is -1.02. The van der Waals surface area contributed by atoms with Crippen LogP contribution < -0.4 is 11.2 Å². The Morgan fingerprint density at radius 3 is 3.00 bits per heavy atom. The SMILES string of the molecule is O=c1[nH]c(=O)n([C@@H]2CC=CO2)cc1F. The highest BCUT2D eigenvalue weighted by atomic mass is 19.1. The van der Waals surface area contributed by atoms with Gasteiger partial charge in [0.05, 0.1) is 12.5 Å². The van der Waals surface area contributed by atoms with Crippen molar-refractivity contribution in [3.05, 3.63) is 45.2 Å². The molecule has 0 aliphatic carbocycles. The topological polar surface area (TPSA) is 64.1 Å². The molecule has 1 N–H and O–H groups in total. The molecule has 0 fully saturated rings. The van der Waals surface area contributed by atoms with E-state index in [1.807, 2.05) is 4.98 Å². The van der Waals surface area contributed by atoms with Crippen molar-refractivity contribution in [3.63, 3.8) is 0 Å². The number of ether oxygens (including phenoxy) is 1. The molecule has 2 rings (SSSR count). The fourth-order valence-corrected chi connectivity index (χ4v) is 1.23. The average Bonchev–Trinajstić information content (AvgIpc) is 2.64. The predicted molar refractivity (Wildman–Crippen MR) is 45.2 cm³/mol. The number of hydrogen-bond donors (Lipinski definition) is 1. The van der Waals surface area contributed by atoms with Crippen molar-refractivity contribution < 1.29 is 9.13 Å². The zero-order valence-electron chi connectivity index (χ0n) is 7.07. The van der Waals surface area contributed by atoms with E-state index >= 15 is 0 Å². The summed E-state index contributed by atoms with van der Waals surface area (Å²) in [4.78, 5) is 23.8. The number of nitrogens with zero attached hydrogens (tertiary/aromatic N) is 1. The van der Waals surface area contributed by atoms with Crippen molar-refractivity contribution in [3.8, 4) is 0 Å². The van der Waals surface area contributed by atoms with Crippen molar-refractivity contribution in [2.45, 2.75) is 12.6 Å². The third kappa shape index (κ3) is 1.34. The van der Waals surface area contributed by atoms with Crippen LogP contribution in [-0.2, 0) is 4.74 Å². The second-order valence-corrected chi connectivity index (χ2v) is 2.84. The zero-order chi connectivity index (χ0) is 10.1. The van der Waals surface area contributed by atoms with E-state index in [0.717, 1.165) is 10.8 Å². The molecule has 14 heavy (non-hydrogen) atoms. The summed E-state index contributed by atoms with van der Waals surface area (Å²) < 4.78 is 18.9. The van der Waals surface area contributed by atoms with Crippen LogP contribution in [0.1, 0.15) is 12.6 Å². The molecule has 0 unspecified atom stereocenters. The van der Waals surface area contributed by atoms with Gasteiger partial charge in [-0.3, -0.25) is 14.3 Å². The molecule has 0 spiro atoms. The van der Waals surface area contributed by atoms with Gasteiger partial charge in [0.2, 0.25) is 5.82 Å². The van der Waals surface area contributed by atoms with Gasteiger partial charge in [0.15, 0.2) is 6.23 Å². The van der Waals surface area contributed by atoms with Crippen LogP contribution in [0.4, 0.5) is 4.39 Å². The molecule has 0 bridgehead atoms. The van der Waals surface area contributed by atoms with Crippen molar-refractivity contribution in [1.29, 1.82) is 0 Å². The van der Waals surface area contributed by atoms with Crippen LogP contribution in [0.5, 0.6) is 0 Å². The largest absolute Gasteiger partial charge is 0.478 e. The molecule has 1 aliphatic rings. The third-order valence-corrected chi connectivity index (χ3v) is 1.90. The van der Waals surface area contributed by atoms with Crippen LogP contribution >= 0.6 is 0 Å². The van der Waals surface area contributed by atoms with E-state index in [-0.39, 0.29) is 0 Å². The first kappa shape index (κ1) is 8.74. The molecule has 0 amide bonds. The van der Waals surface area contributed by atoms with Crippen molar-refractivity contribution >= 4 is 0 Å². The molecule has 0 saturated carbocycles. The number of rotatable bonds is 1. The van der Waals surface area contributed by atoms with Gasteiger partial charge in [-0.25, -0.2) is 4.79 Å². The van der Waals surface area contributed by atoms with Gasteiger partial charge in [0.1, 0.15) is 0 Å². The lowest BCUT2D eigenvalue weighted by Gasteiger charge is -2.12. The van der Waals surface area contributed by atoms with Gasteiger partial charge in [-0.2, -0.15) is 4.39 Å². The molecule has 2 heterocycles. The first-order valence-corrected chi connectivity index (χ1v) is 4.00. The van der Waals surface area contributed by atoms with Gasteiger partial charge in [-0.05, 0) is 6.08 Å². The molecule has 1 atom stereocenters. The number of halogens is 1. The average molecular weight is 198 g/mol. The molecule has 0 radical (unpaired) electrons.